The first kappa shape index (κ1) is 19.3. The molecule has 5 nitrogen and oxygen atoms in total. The zero-order valence-electron chi connectivity index (χ0n) is 15.8. The number of halogens is 2. The van der Waals surface area contributed by atoms with Crippen LogP contribution in [0.4, 0.5) is 8.78 Å². The van der Waals surface area contributed by atoms with Crippen LogP contribution >= 0.6 is 0 Å². The van der Waals surface area contributed by atoms with Gasteiger partial charge in [0.15, 0.2) is 6.61 Å². The van der Waals surface area contributed by atoms with E-state index in [2.05, 4.69) is 5.32 Å². The lowest BCUT2D eigenvalue weighted by Gasteiger charge is -2.58. The van der Waals surface area contributed by atoms with E-state index >= 15 is 0 Å². The van der Waals surface area contributed by atoms with Gasteiger partial charge in [-0.15, -0.1) is 0 Å². The van der Waals surface area contributed by atoms with E-state index in [1.54, 1.807) is 6.92 Å². The van der Waals surface area contributed by atoms with Crippen molar-refractivity contribution in [2.24, 2.45) is 17.3 Å². The number of rotatable bonds is 5. The van der Waals surface area contributed by atoms with Gasteiger partial charge in [0.25, 0.3) is 5.91 Å². The van der Waals surface area contributed by atoms with Gasteiger partial charge in [0.05, 0.1) is 17.1 Å². The van der Waals surface area contributed by atoms with E-state index in [1.807, 2.05) is 0 Å². The smallest absolute Gasteiger partial charge is 0.312 e. The number of ether oxygens (including phenoxy) is 1. The van der Waals surface area contributed by atoms with Crippen LogP contribution in [-0.4, -0.2) is 29.2 Å². The third-order valence-electron chi connectivity index (χ3n) is 6.60. The van der Waals surface area contributed by atoms with Gasteiger partial charge in [-0.05, 0) is 63.4 Å². The van der Waals surface area contributed by atoms with E-state index in [-0.39, 0.29) is 5.56 Å². The van der Waals surface area contributed by atoms with Gasteiger partial charge < -0.3 is 15.2 Å². The van der Waals surface area contributed by atoms with E-state index in [0.717, 1.165) is 31.4 Å². The third-order valence-corrected chi connectivity index (χ3v) is 6.60. The summed E-state index contributed by atoms with van der Waals surface area (Å²) < 4.78 is 32.1. The van der Waals surface area contributed by atoms with Crippen LogP contribution in [0, 0.1) is 28.9 Å². The summed E-state index contributed by atoms with van der Waals surface area (Å²) in [4.78, 5) is 24.9. The Kier molecular flexibility index (Phi) is 4.68. The number of amides is 1. The second-order valence-corrected chi connectivity index (χ2v) is 9.00. The van der Waals surface area contributed by atoms with Crippen molar-refractivity contribution in [3.05, 3.63) is 35.4 Å². The maximum atomic E-state index is 13.8. The highest BCUT2D eigenvalue weighted by Crippen LogP contribution is 2.61. The maximum absolute atomic E-state index is 13.8. The second-order valence-electron chi connectivity index (χ2n) is 9.00. The van der Waals surface area contributed by atoms with Gasteiger partial charge in [-0.3, -0.25) is 9.59 Å². The first-order valence-electron chi connectivity index (χ1n) is 9.82. The molecule has 4 saturated carbocycles. The summed E-state index contributed by atoms with van der Waals surface area (Å²) in [6.45, 7) is 1.12. The van der Waals surface area contributed by atoms with Crippen molar-refractivity contribution in [2.45, 2.75) is 57.1 Å². The number of hydrogen-bond donors (Lipinski definition) is 2. The van der Waals surface area contributed by atoms with Crippen LogP contribution in [0.2, 0.25) is 0 Å². The van der Waals surface area contributed by atoms with E-state index in [1.165, 1.54) is 6.07 Å². The van der Waals surface area contributed by atoms with E-state index < -0.39 is 47.2 Å². The molecule has 152 valence electrons. The van der Waals surface area contributed by atoms with Crippen LogP contribution in [0.5, 0.6) is 0 Å². The average Bonchev–Trinajstić information content (AvgIpc) is 2.57. The lowest BCUT2D eigenvalue weighted by Crippen LogP contribution is -2.58. The van der Waals surface area contributed by atoms with Gasteiger partial charge in [-0.2, -0.15) is 0 Å². The molecule has 4 bridgehead atoms. The molecule has 2 N–H and O–H groups in total. The Morgan fingerprint density at radius 2 is 1.93 bits per heavy atom. The molecule has 4 aliphatic carbocycles. The lowest BCUT2D eigenvalue weighted by molar-refractivity contribution is -0.196. The molecule has 1 aromatic rings. The van der Waals surface area contributed by atoms with Gasteiger partial charge in [-0.25, -0.2) is 8.78 Å². The van der Waals surface area contributed by atoms with E-state index in [0.29, 0.717) is 31.1 Å². The molecule has 0 spiro atoms. The normalized spacial score (nSPS) is 34.1. The van der Waals surface area contributed by atoms with Crippen LogP contribution in [0.1, 0.15) is 57.1 Å². The second kappa shape index (κ2) is 6.79. The minimum atomic E-state index is -0.778. The van der Waals surface area contributed by atoms with Crippen LogP contribution in [-0.2, 0) is 14.3 Å². The molecular formula is C21H25F2NO4. The monoisotopic (exact) mass is 393 g/mol. The minimum absolute atomic E-state index is 0.157. The number of esters is 1. The molecule has 5 atom stereocenters. The molecule has 0 saturated heterocycles. The zero-order chi connectivity index (χ0) is 20.1. The highest BCUT2D eigenvalue weighted by atomic mass is 19.1. The summed E-state index contributed by atoms with van der Waals surface area (Å²) in [5.41, 5.74) is -1.31. The van der Waals surface area contributed by atoms with Gasteiger partial charge in [-0.1, -0.05) is 6.07 Å². The standard InChI is InChI=1S/C21H25F2NO4/c1-12(16-3-2-15(22)5-17(16)23)24-18(25)10-28-19(26)20-6-13-4-14(7-20)9-21(27,8-13)11-20/h2-3,5,12-14,27H,4,6-11H2,1H3,(H,24,25)/t12-,13-,14+,20?,21?/m0/s1. The average molecular weight is 393 g/mol. The van der Waals surface area contributed by atoms with Crippen LogP contribution in [0.25, 0.3) is 0 Å². The topological polar surface area (TPSA) is 75.6 Å². The number of hydrogen-bond acceptors (Lipinski definition) is 4. The van der Waals surface area contributed by atoms with Crippen molar-refractivity contribution in [3.8, 4) is 0 Å². The Morgan fingerprint density at radius 1 is 1.25 bits per heavy atom. The van der Waals surface area contributed by atoms with Crippen molar-refractivity contribution in [2.75, 3.05) is 6.61 Å². The molecule has 0 heterocycles. The largest absolute Gasteiger partial charge is 0.455 e. The van der Waals surface area contributed by atoms with Gasteiger partial charge in [0.2, 0.25) is 0 Å². The Bertz CT molecular complexity index is 798. The van der Waals surface area contributed by atoms with Crippen LogP contribution in [0.15, 0.2) is 18.2 Å². The summed E-state index contributed by atoms with van der Waals surface area (Å²) in [5, 5.41) is 13.3. The third kappa shape index (κ3) is 3.52. The minimum Gasteiger partial charge on any atom is -0.455 e. The van der Waals surface area contributed by atoms with Crippen LogP contribution < -0.4 is 5.32 Å². The van der Waals surface area contributed by atoms with Gasteiger partial charge in [0.1, 0.15) is 11.6 Å². The summed E-state index contributed by atoms with van der Waals surface area (Å²) in [6.07, 6.45) is 4.38. The summed E-state index contributed by atoms with van der Waals surface area (Å²) in [6, 6.07) is 2.47. The van der Waals surface area contributed by atoms with Gasteiger partial charge in [0, 0.05) is 11.6 Å². The molecule has 5 rings (SSSR count). The fourth-order valence-electron chi connectivity index (χ4n) is 5.95. The van der Waals surface area contributed by atoms with Crippen LogP contribution in [0.3, 0.4) is 0 Å². The Hall–Kier alpha value is -2.02. The lowest BCUT2D eigenvalue weighted by atomic mass is 9.48. The molecular weight excluding hydrogens is 368 g/mol. The number of carbonyl (C=O) groups is 2. The van der Waals surface area contributed by atoms with Gasteiger partial charge >= 0.3 is 5.97 Å². The maximum Gasteiger partial charge on any atom is 0.312 e. The summed E-state index contributed by atoms with van der Waals surface area (Å²) >= 11 is 0. The highest BCUT2D eigenvalue weighted by molar-refractivity contribution is 5.83. The molecule has 0 aliphatic heterocycles. The molecule has 2 unspecified atom stereocenters. The molecule has 4 aliphatic rings. The Morgan fingerprint density at radius 3 is 2.54 bits per heavy atom. The van der Waals surface area contributed by atoms with Crippen molar-refractivity contribution < 1.29 is 28.2 Å². The number of carbonyl (C=O) groups excluding carboxylic acids is 2. The predicted molar refractivity (Wildman–Crippen MR) is 95.9 cm³/mol. The predicted octanol–water partition coefficient (Wildman–Crippen LogP) is 3.02. The SMILES string of the molecule is C[C@H](NC(=O)COC(=O)C12C[C@@H]3C[C@@H](CC(O)(C3)C1)C2)c1ccc(F)cc1F. The number of benzene rings is 1. The molecule has 4 fully saturated rings. The Balaban J connectivity index is 1.34. The highest BCUT2D eigenvalue weighted by Gasteiger charge is 2.60. The summed E-state index contributed by atoms with van der Waals surface area (Å²) in [5.74, 6) is -1.72. The fraction of sp³-hybridized carbons (Fsp3) is 0.619. The number of aliphatic hydroxyl groups is 1. The van der Waals surface area contributed by atoms with E-state index in [4.69, 9.17) is 4.74 Å². The Labute approximate surface area is 162 Å². The zero-order valence-corrected chi connectivity index (χ0v) is 15.8. The molecule has 1 aromatic carbocycles. The molecule has 0 aromatic heterocycles. The molecule has 1 amide bonds. The molecule has 28 heavy (non-hydrogen) atoms. The van der Waals surface area contributed by atoms with E-state index in [9.17, 15) is 23.5 Å². The van der Waals surface area contributed by atoms with Crippen molar-refractivity contribution in [1.82, 2.24) is 5.32 Å². The van der Waals surface area contributed by atoms with Crippen molar-refractivity contribution >= 4 is 11.9 Å². The quantitative estimate of drug-likeness (QED) is 0.754. The molecule has 7 heteroatoms. The first-order chi connectivity index (χ1) is 13.2. The fourth-order valence-corrected chi connectivity index (χ4v) is 5.95. The van der Waals surface area contributed by atoms with Crippen molar-refractivity contribution in [1.29, 1.82) is 0 Å². The molecule has 0 radical (unpaired) electrons. The number of nitrogens with one attached hydrogen (secondary N) is 1. The van der Waals surface area contributed by atoms with Crippen molar-refractivity contribution in [3.63, 3.8) is 0 Å². The first-order valence-corrected chi connectivity index (χ1v) is 9.82. The summed E-state index contributed by atoms with van der Waals surface area (Å²) in [7, 11) is 0.